The first-order valence-corrected chi connectivity index (χ1v) is 5.81. The van der Waals surface area contributed by atoms with Crippen LogP contribution < -0.4 is 10.6 Å². The van der Waals surface area contributed by atoms with E-state index in [1.54, 1.807) is 0 Å². The molecule has 0 saturated carbocycles. The van der Waals surface area contributed by atoms with Crippen LogP contribution in [0.4, 0.5) is 23.7 Å². The summed E-state index contributed by atoms with van der Waals surface area (Å²) < 4.78 is 37.6. The fourth-order valence-electron chi connectivity index (χ4n) is 1.30. The molecule has 1 rings (SSSR count). The standard InChI is InChI=1S/C11H10ClF3N2O4/c12-6-2-1-5(11(13,14)15)3-7(6)16-10(21)17-8(4-18)9(19)20/h1-3,8,18H,4H2,(H,19,20)(H2,16,17,21)/t8-/m0/s1. The molecule has 0 aliphatic rings. The molecule has 10 heteroatoms. The molecule has 116 valence electrons. The quantitative estimate of drug-likeness (QED) is 0.679. The van der Waals surface area contributed by atoms with Crippen LogP contribution in [0.25, 0.3) is 0 Å². The first kappa shape index (κ1) is 17.1. The fourth-order valence-corrected chi connectivity index (χ4v) is 1.46. The molecule has 0 aliphatic carbocycles. The molecule has 1 atom stereocenters. The fraction of sp³-hybridized carbons (Fsp3) is 0.273. The van der Waals surface area contributed by atoms with Crippen LogP contribution in [0.5, 0.6) is 0 Å². The van der Waals surface area contributed by atoms with Crippen LogP contribution >= 0.6 is 11.6 Å². The topological polar surface area (TPSA) is 98.7 Å². The number of hydrogen-bond donors (Lipinski definition) is 4. The zero-order valence-corrected chi connectivity index (χ0v) is 11.0. The average Bonchev–Trinajstić information content (AvgIpc) is 2.36. The predicted molar refractivity (Wildman–Crippen MR) is 67.1 cm³/mol. The Morgan fingerprint density at radius 2 is 1.95 bits per heavy atom. The summed E-state index contributed by atoms with van der Waals surface area (Å²) in [5.74, 6) is -1.50. The van der Waals surface area contributed by atoms with Crippen molar-refractivity contribution in [1.82, 2.24) is 5.32 Å². The molecule has 6 nitrogen and oxygen atoms in total. The van der Waals surface area contributed by atoms with Crippen molar-refractivity contribution < 1.29 is 33.0 Å². The Hall–Kier alpha value is -2.00. The summed E-state index contributed by atoms with van der Waals surface area (Å²) in [5, 5.41) is 21.0. The van der Waals surface area contributed by atoms with Crippen LogP contribution in [0.15, 0.2) is 18.2 Å². The van der Waals surface area contributed by atoms with Gasteiger partial charge in [0.2, 0.25) is 0 Å². The number of amides is 2. The highest BCUT2D eigenvalue weighted by Gasteiger charge is 2.31. The van der Waals surface area contributed by atoms with Crippen LogP contribution in [-0.4, -0.2) is 34.9 Å². The maximum atomic E-state index is 12.5. The van der Waals surface area contributed by atoms with E-state index >= 15 is 0 Å². The van der Waals surface area contributed by atoms with Gasteiger partial charge in [0.15, 0.2) is 6.04 Å². The van der Waals surface area contributed by atoms with Gasteiger partial charge in [0, 0.05) is 0 Å². The SMILES string of the molecule is O=C(Nc1cc(C(F)(F)F)ccc1Cl)N[C@@H](CO)C(=O)O. The molecular weight excluding hydrogens is 317 g/mol. The molecule has 0 radical (unpaired) electrons. The van der Waals surface area contributed by atoms with Gasteiger partial charge >= 0.3 is 18.2 Å². The average molecular weight is 327 g/mol. The Kier molecular flexibility index (Phi) is 5.39. The minimum atomic E-state index is -4.62. The number of carboxylic acids is 1. The Morgan fingerprint density at radius 1 is 1.33 bits per heavy atom. The van der Waals surface area contributed by atoms with Gasteiger partial charge in [-0.3, -0.25) is 0 Å². The number of anilines is 1. The lowest BCUT2D eigenvalue weighted by atomic mass is 10.2. The van der Waals surface area contributed by atoms with Crippen LogP contribution in [-0.2, 0) is 11.0 Å². The monoisotopic (exact) mass is 326 g/mol. The molecule has 0 fully saturated rings. The lowest BCUT2D eigenvalue weighted by molar-refractivity contribution is -0.140. The molecule has 21 heavy (non-hydrogen) atoms. The van der Waals surface area contributed by atoms with E-state index in [9.17, 15) is 22.8 Å². The van der Waals surface area contributed by atoms with Gasteiger partial charge in [0.25, 0.3) is 0 Å². The summed E-state index contributed by atoms with van der Waals surface area (Å²) in [6.45, 7) is -0.876. The number of aliphatic carboxylic acids is 1. The number of rotatable bonds is 4. The van der Waals surface area contributed by atoms with Crippen molar-refractivity contribution in [2.45, 2.75) is 12.2 Å². The van der Waals surface area contributed by atoms with Gasteiger partial charge in [-0.15, -0.1) is 0 Å². The van der Waals surface area contributed by atoms with E-state index in [4.69, 9.17) is 21.8 Å². The number of hydrogen-bond acceptors (Lipinski definition) is 3. The minimum Gasteiger partial charge on any atom is -0.480 e. The lowest BCUT2D eigenvalue weighted by Gasteiger charge is -2.14. The Balaban J connectivity index is 2.87. The number of carbonyl (C=O) groups is 2. The molecule has 0 spiro atoms. The van der Waals surface area contributed by atoms with Gasteiger partial charge in [0.1, 0.15) is 0 Å². The zero-order valence-electron chi connectivity index (χ0n) is 10.2. The summed E-state index contributed by atoms with van der Waals surface area (Å²) in [6.07, 6.45) is -4.62. The van der Waals surface area contributed by atoms with E-state index in [1.165, 1.54) is 0 Å². The summed E-state index contributed by atoms with van der Waals surface area (Å²) in [5.41, 5.74) is -1.37. The molecule has 4 N–H and O–H groups in total. The second-order valence-electron chi connectivity index (χ2n) is 3.86. The predicted octanol–water partition coefficient (Wildman–Crippen LogP) is 1.93. The number of aliphatic hydroxyl groups excluding tert-OH is 1. The van der Waals surface area contributed by atoms with Gasteiger partial charge < -0.3 is 20.8 Å². The number of carbonyl (C=O) groups excluding carboxylic acids is 1. The molecule has 0 aromatic heterocycles. The van der Waals surface area contributed by atoms with Gasteiger partial charge in [-0.2, -0.15) is 13.2 Å². The highest BCUT2D eigenvalue weighted by atomic mass is 35.5. The molecule has 2 amide bonds. The number of aliphatic hydroxyl groups is 1. The summed E-state index contributed by atoms with van der Waals surface area (Å²) in [4.78, 5) is 22.1. The van der Waals surface area contributed by atoms with Crippen LogP contribution in [0.3, 0.4) is 0 Å². The maximum absolute atomic E-state index is 12.5. The number of urea groups is 1. The number of carboxylic acid groups (broad SMARTS) is 1. The second kappa shape index (κ2) is 6.64. The minimum absolute atomic E-state index is 0.158. The van der Waals surface area contributed by atoms with Gasteiger partial charge in [0.05, 0.1) is 22.9 Å². The lowest BCUT2D eigenvalue weighted by Crippen LogP contribution is -2.45. The second-order valence-corrected chi connectivity index (χ2v) is 4.27. The van der Waals surface area contributed by atoms with Crippen LogP contribution in [0, 0.1) is 0 Å². The molecular formula is C11H10ClF3N2O4. The van der Waals surface area contributed by atoms with E-state index in [1.807, 2.05) is 10.6 Å². The molecule has 0 heterocycles. The zero-order chi connectivity index (χ0) is 16.2. The van der Waals surface area contributed by atoms with E-state index in [2.05, 4.69) is 0 Å². The summed E-state index contributed by atoms with van der Waals surface area (Å²) in [7, 11) is 0. The maximum Gasteiger partial charge on any atom is 0.416 e. The third kappa shape index (κ3) is 4.80. The Labute approximate surface area is 121 Å². The van der Waals surface area contributed by atoms with Crippen molar-refractivity contribution in [3.8, 4) is 0 Å². The highest BCUT2D eigenvalue weighted by Crippen LogP contribution is 2.33. The summed E-state index contributed by atoms with van der Waals surface area (Å²) >= 11 is 5.65. The van der Waals surface area contributed by atoms with Crippen molar-refractivity contribution in [3.05, 3.63) is 28.8 Å². The number of benzene rings is 1. The molecule has 0 unspecified atom stereocenters. The van der Waals surface area contributed by atoms with Crippen molar-refractivity contribution in [3.63, 3.8) is 0 Å². The number of alkyl halides is 3. The van der Waals surface area contributed by atoms with Crippen molar-refractivity contribution in [2.75, 3.05) is 11.9 Å². The Morgan fingerprint density at radius 3 is 2.43 bits per heavy atom. The third-order valence-electron chi connectivity index (χ3n) is 2.33. The van der Waals surface area contributed by atoms with E-state index in [-0.39, 0.29) is 10.7 Å². The normalized spacial score (nSPS) is 12.6. The van der Waals surface area contributed by atoms with Gasteiger partial charge in [-0.1, -0.05) is 11.6 Å². The van der Waals surface area contributed by atoms with Crippen LogP contribution in [0.2, 0.25) is 5.02 Å². The molecule has 1 aromatic rings. The number of halogens is 4. The van der Waals surface area contributed by atoms with Crippen LogP contribution in [0.1, 0.15) is 5.56 Å². The number of nitrogens with one attached hydrogen (secondary N) is 2. The van der Waals surface area contributed by atoms with E-state index in [0.29, 0.717) is 6.07 Å². The molecule has 1 aromatic carbocycles. The van der Waals surface area contributed by atoms with E-state index < -0.39 is 36.4 Å². The first-order valence-electron chi connectivity index (χ1n) is 5.43. The van der Waals surface area contributed by atoms with Crippen molar-refractivity contribution in [1.29, 1.82) is 0 Å². The van der Waals surface area contributed by atoms with E-state index in [0.717, 1.165) is 12.1 Å². The van der Waals surface area contributed by atoms with Gasteiger partial charge in [-0.05, 0) is 18.2 Å². The Bertz CT molecular complexity index is 551. The van der Waals surface area contributed by atoms with Crippen molar-refractivity contribution in [2.24, 2.45) is 0 Å². The summed E-state index contributed by atoms with van der Waals surface area (Å²) in [6, 6.07) is -0.413. The smallest absolute Gasteiger partial charge is 0.416 e. The molecule has 0 aliphatic heterocycles. The molecule has 0 bridgehead atoms. The third-order valence-corrected chi connectivity index (χ3v) is 2.66. The highest BCUT2D eigenvalue weighted by molar-refractivity contribution is 6.33. The largest absolute Gasteiger partial charge is 0.480 e. The molecule has 0 saturated heterocycles. The van der Waals surface area contributed by atoms with Crippen molar-refractivity contribution >= 4 is 29.3 Å². The van der Waals surface area contributed by atoms with Gasteiger partial charge in [-0.25, -0.2) is 9.59 Å². The first-order chi connectivity index (χ1) is 9.65.